The smallest absolute Gasteiger partial charge is 0.141 e. The topological polar surface area (TPSA) is 61.3 Å². The molecule has 0 aliphatic carbocycles. The van der Waals surface area contributed by atoms with Gasteiger partial charge in [-0.15, -0.1) is 0 Å². The molecule has 0 atom stereocenters. The van der Waals surface area contributed by atoms with Gasteiger partial charge in [0.25, 0.3) is 0 Å². The minimum atomic E-state index is 0. The Bertz CT molecular complexity index is 240. The van der Waals surface area contributed by atoms with Crippen LogP contribution in [0.25, 0.3) is 0 Å². The molecule has 0 amide bonds. The van der Waals surface area contributed by atoms with Gasteiger partial charge in [0.1, 0.15) is 5.75 Å². The lowest BCUT2D eigenvalue weighted by Gasteiger charge is -2.03. The minimum absolute atomic E-state index is 0. The van der Waals surface area contributed by atoms with E-state index < -0.39 is 0 Å². The zero-order valence-electron chi connectivity index (χ0n) is 6.29. The lowest BCUT2D eigenvalue weighted by Crippen LogP contribution is -1.93. The van der Waals surface area contributed by atoms with Crippen LogP contribution in [0.15, 0.2) is 18.2 Å². The summed E-state index contributed by atoms with van der Waals surface area (Å²) in [6.07, 6.45) is 0. The molecule has 0 saturated carbocycles. The summed E-state index contributed by atoms with van der Waals surface area (Å²) in [6, 6.07) is 5.15. The molecule has 0 fully saturated rings. The molecular weight excluding hydrogens is 160 g/mol. The summed E-state index contributed by atoms with van der Waals surface area (Å²) in [5.41, 5.74) is 12.2. The van der Waals surface area contributed by atoms with E-state index in [0.717, 1.165) is 0 Å². The largest absolute Gasteiger partial charge is 0.495 e. The van der Waals surface area contributed by atoms with E-state index in [9.17, 15) is 0 Å². The Kier molecular flexibility index (Phi) is 3.60. The number of methoxy groups -OCH3 is 1. The molecule has 11 heavy (non-hydrogen) atoms. The van der Waals surface area contributed by atoms with Crippen molar-refractivity contribution < 1.29 is 4.74 Å². The number of nitrogen functional groups attached to an aromatic ring is 2. The van der Waals surface area contributed by atoms with E-state index in [1.165, 1.54) is 0 Å². The molecule has 0 bridgehead atoms. The molecule has 0 aromatic heterocycles. The summed E-state index contributed by atoms with van der Waals surface area (Å²) >= 11 is 0. The molecular formula is C7H12N2OS. The third-order valence-corrected chi connectivity index (χ3v) is 1.25. The highest BCUT2D eigenvalue weighted by Crippen LogP contribution is 2.22. The average Bonchev–Trinajstić information content (AvgIpc) is 1.88. The van der Waals surface area contributed by atoms with Crippen molar-refractivity contribution in [3.63, 3.8) is 0 Å². The summed E-state index contributed by atoms with van der Waals surface area (Å²) in [7, 11) is 1.57. The molecule has 1 aromatic rings. The third kappa shape index (κ3) is 2.23. The van der Waals surface area contributed by atoms with Crippen LogP contribution in [0.5, 0.6) is 5.75 Å². The average molecular weight is 172 g/mol. The van der Waals surface area contributed by atoms with Crippen LogP contribution in [0.4, 0.5) is 11.4 Å². The van der Waals surface area contributed by atoms with Crippen molar-refractivity contribution in [1.82, 2.24) is 0 Å². The van der Waals surface area contributed by atoms with Crippen LogP contribution in [0, 0.1) is 0 Å². The maximum absolute atomic E-state index is 5.53. The van der Waals surface area contributed by atoms with Gasteiger partial charge in [0.2, 0.25) is 0 Å². The molecule has 4 N–H and O–H groups in total. The zero-order valence-corrected chi connectivity index (χ0v) is 7.29. The van der Waals surface area contributed by atoms with Crippen LogP contribution in [0.3, 0.4) is 0 Å². The maximum Gasteiger partial charge on any atom is 0.141 e. The van der Waals surface area contributed by atoms with Gasteiger partial charge in [0, 0.05) is 5.69 Å². The van der Waals surface area contributed by atoms with E-state index in [2.05, 4.69) is 0 Å². The number of hydrogen-bond donors (Lipinski definition) is 2. The van der Waals surface area contributed by atoms with Crippen molar-refractivity contribution in [2.75, 3.05) is 18.6 Å². The zero-order chi connectivity index (χ0) is 7.56. The SMILES string of the molecule is COc1ccc(N)cc1N.S. The van der Waals surface area contributed by atoms with Gasteiger partial charge in [-0.3, -0.25) is 0 Å². The van der Waals surface area contributed by atoms with E-state index in [1.807, 2.05) is 0 Å². The quantitative estimate of drug-likeness (QED) is 0.620. The molecule has 0 aliphatic heterocycles. The fourth-order valence-corrected chi connectivity index (χ4v) is 0.753. The molecule has 4 heteroatoms. The highest BCUT2D eigenvalue weighted by atomic mass is 32.1. The number of nitrogens with two attached hydrogens (primary N) is 2. The summed E-state index contributed by atoms with van der Waals surface area (Å²) in [5.74, 6) is 0.661. The minimum Gasteiger partial charge on any atom is -0.495 e. The molecule has 1 aromatic carbocycles. The highest BCUT2D eigenvalue weighted by Gasteiger charge is 1.96. The second kappa shape index (κ2) is 3.98. The summed E-state index contributed by atoms with van der Waals surface area (Å²) < 4.78 is 4.92. The Balaban J connectivity index is 0.000001000. The molecule has 0 unspecified atom stereocenters. The lowest BCUT2D eigenvalue weighted by molar-refractivity contribution is 0.417. The second-order valence-electron chi connectivity index (χ2n) is 2.00. The number of anilines is 2. The van der Waals surface area contributed by atoms with Gasteiger partial charge in [-0.1, -0.05) is 0 Å². The van der Waals surface area contributed by atoms with Crippen LogP contribution in [0.1, 0.15) is 0 Å². The van der Waals surface area contributed by atoms with Gasteiger partial charge in [0.15, 0.2) is 0 Å². The van der Waals surface area contributed by atoms with Crippen molar-refractivity contribution in [3.8, 4) is 5.75 Å². The standard InChI is InChI=1S/C7H10N2O.H2S/c1-10-7-3-2-5(8)4-6(7)9;/h2-4H,8-9H2,1H3;1H2. The third-order valence-electron chi connectivity index (χ3n) is 1.25. The fourth-order valence-electron chi connectivity index (χ4n) is 0.753. The van der Waals surface area contributed by atoms with Gasteiger partial charge in [0.05, 0.1) is 12.8 Å². The fraction of sp³-hybridized carbons (Fsp3) is 0.143. The monoisotopic (exact) mass is 172 g/mol. The van der Waals surface area contributed by atoms with Crippen LogP contribution in [-0.4, -0.2) is 7.11 Å². The van der Waals surface area contributed by atoms with Crippen molar-refractivity contribution in [2.24, 2.45) is 0 Å². The molecule has 0 aliphatic rings. The van der Waals surface area contributed by atoms with Gasteiger partial charge in [-0.2, -0.15) is 13.5 Å². The van der Waals surface area contributed by atoms with Crippen LogP contribution >= 0.6 is 13.5 Å². The Morgan fingerprint density at radius 1 is 1.27 bits per heavy atom. The Hall–Kier alpha value is -1.03. The number of hydrogen-bond acceptors (Lipinski definition) is 3. The molecule has 0 heterocycles. The van der Waals surface area contributed by atoms with Crippen LogP contribution < -0.4 is 16.2 Å². The van der Waals surface area contributed by atoms with Gasteiger partial charge in [-0.25, -0.2) is 0 Å². The maximum atomic E-state index is 5.53. The van der Waals surface area contributed by atoms with E-state index in [1.54, 1.807) is 25.3 Å². The first kappa shape index (κ1) is 9.97. The first-order chi connectivity index (χ1) is 4.74. The van der Waals surface area contributed by atoms with E-state index in [-0.39, 0.29) is 13.5 Å². The highest BCUT2D eigenvalue weighted by molar-refractivity contribution is 7.59. The van der Waals surface area contributed by atoms with Crippen molar-refractivity contribution in [2.45, 2.75) is 0 Å². The molecule has 3 nitrogen and oxygen atoms in total. The normalized spacial score (nSPS) is 8.45. The first-order valence-corrected chi connectivity index (χ1v) is 2.93. The Morgan fingerprint density at radius 3 is 2.36 bits per heavy atom. The predicted molar refractivity (Wildman–Crippen MR) is 52.2 cm³/mol. The Labute approximate surface area is 72.8 Å². The lowest BCUT2D eigenvalue weighted by atomic mass is 10.2. The Morgan fingerprint density at radius 2 is 1.91 bits per heavy atom. The summed E-state index contributed by atoms with van der Waals surface area (Å²) in [5, 5.41) is 0. The molecule has 62 valence electrons. The van der Waals surface area contributed by atoms with Crippen molar-refractivity contribution >= 4 is 24.9 Å². The molecule has 0 saturated heterocycles. The van der Waals surface area contributed by atoms with Gasteiger partial charge < -0.3 is 16.2 Å². The van der Waals surface area contributed by atoms with Crippen LogP contribution in [0.2, 0.25) is 0 Å². The first-order valence-electron chi connectivity index (χ1n) is 2.93. The molecule has 1 rings (SSSR count). The van der Waals surface area contributed by atoms with Gasteiger partial charge in [-0.05, 0) is 18.2 Å². The van der Waals surface area contributed by atoms with E-state index in [4.69, 9.17) is 16.2 Å². The summed E-state index contributed by atoms with van der Waals surface area (Å²) in [4.78, 5) is 0. The number of rotatable bonds is 1. The second-order valence-corrected chi connectivity index (χ2v) is 2.00. The van der Waals surface area contributed by atoms with E-state index >= 15 is 0 Å². The predicted octanol–water partition coefficient (Wildman–Crippen LogP) is 0.972. The summed E-state index contributed by atoms with van der Waals surface area (Å²) in [6.45, 7) is 0. The van der Waals surface area contributed by atoms with E-state index in [0.29, 0.717) is 17.1 Å². The van der Waals surface area contributed by atoms with Crippen LogP contribution in [-0.2, 0) is 0 Å². The van der Waals surface area contributed by atoms with Crippen molar-refractivity contribution in [3.05, 3.63) is 18.2 Å². The van der Waals surface area contributed by atoms with Crippen molar-refractivity contribution in [1.29, 1.82) is 0 Å². The van der Waals surface area contributed by atoms with Gasteiger partial charge >= 0.3 is 0 Å². The molecule has 0 spiro atoms. The molecule has 0 radical (unpaired) electrons. The number of benzene rings is 1. The number of ether oxygens (including phenoxy) is 1.